The highest BCUT2D eigenvalue weighted by Crippen LogP contribution is 2.31. The van der Waals surface area contributed by atoms with Crippen LogP contribution in [0.5, 0.6) is 0 Å². The van der Waals surface area contributed by atoms with E-state index in [1.807, 2.05) is 0 Å². The Hall–Kier alpha value is -0.330. The van der Waals surface area contributed by atoms with E-state index in [0.29, 0.717) is 20.8 Å². The van der Waals surface area contributed by atoms with Crippen LogP contribution in [-0.4, -0.2) is 62.0 Å². The maximum Gasteiger partial charge on any atom is 0.256 e. The van der Waals surface area contributed by atoms with Gasteiger partial charge in [-0.25, -0.2) is 0 Å². The van der Waals surface area contributed by atoms with Crippen LogP contribution in [-0.2, 0) is 0 Å². The van der Waals surface area contributed by atoms with E-state index < -0.39 is 0 Å². The minimum Gasteiger partial charge on any atom is -0.340 e. The van der Waals surface area contributed by atoms with Crippen LogP contribution in [0.2, 0.25) is 8.67 Å². The van der Waals surface area contributed by atoms with E-state index in [1.165, 1.54) is 11.3 Å². The maximum atomic E-state index is 12.2. The average molecular weight is 322 g/mol. The Morgan fingerprint density at radius 1 is 1.47 bits per heavy atom. The normalized spacial score (nSPS) is 16.6. The first-order valence-corrected chi connectivity index (χ1v) is 7.78. The van der Waals surface area contributed by atoms with Crippen molar-refractivity contribution in [1.82, 2.24) is 15.1 Å². The van der Waals surface area contributed by atoms with E-state index in [0.717, 1.165) is 32.7 Å². The van der Waals surface area contributed by atoms with Crippen molar-refractivity contribution < 1.29 is 4.79 Å². The van der Waals surface area contributed by atoms with Gasteiger partial charge in [0.05, 0.1) is 9.90 Å². The van der Waals surface area contributed by atoms with Crippen LogP contribution in [0.25, 0.3) is 0 Å². The molecule has 1 fully saturated rings. The van der Waals surface area contributed by atoms with Gasteiger partial charge in [-0.2, -0.15) is 0 Å². The van der Waals surface area contributed by atoms with Crippen molar-refractivity contribution in [2.45, 2.75) is 0 Å². The first-order valence-electron chi connectivity index (χ1n) is 6.21. The van der Waals surface area contributed by atoms with Gasteiger partial charge < -0.3 is 10.2 Å². The summed E-state index contributed by atoms with van der Waals surface area (Å²) >= 11 is 13.1. The molecule has 0 saturated carbocycles. The molecule has 1 saturated heterocycles. The Bertz CT molecular complexity index is 446. The van der Waals surface area contributed by atoms with Crippen LogP contribution in [0.3, 0.4) is 0 Å². The standard InChI is InChI=1S/C12H17Cl2N3OS/c1-16(6-7-17-4-2-15-3-5-17)12(18)9-8-10(13)19-11(9)14/h8,15H,2-7H2,1H3. The zero-order chi connectivity index (χ0) is 13.8. The van der Waals surface area contributed by atoms with Crippen molar-refractivity contribution in [3.8, 4) is 0 Å². The largest absolute Gasteiger partial charge is 0.340 e. The Morgan fingerprint density at radius 2 is 2.16 bits per heavy atom. The van der Waals surface area contributed by atoms with Gasteiger partial charge >= 0.3 is 0 Å². The van der Waals surface area contributed by atoms with E-state index in [2.05, 4.69) is 10.2 Å². The number of hydrogen-bond acceptors (Lipinski definition) is 4. The lowest BCUT2D eigenvalue weighted by molar-refractivity contribution is 0.0775. The number of piperazine rings is 1. The summed E-state index contributed by atoms with van der Waals surface area (Å²) in [5.41, 5.74) is 0.500. The zero-order valence-corrected chi connectivity index (χ0v) is 13.1. The average Bonchev–Trinajstić information content (AvgIpc) is 2.75. The number of halogens is 2. The molecule has 2 heterocycles. The minimum atomic E-state index is -0.0664. The lowest BCUT2D eigenvalue weighted by Crippen LogP contribution is -2.46. The maximum absolute atomic E-state index is 12.2. The lowest BCUT2D eigenvalue weighted by atomic mass is 10.3. The van der Waals surface area contributed by atoms with Crippen molar-refractivity contribution in [2.75, 3.05) is 46.3 Å². The number of likely N-dealkylation sites (N-methyl/N-ethyl adjacent to an activating group) is 1. The third-order valence-corrected chi connectivity index (χ3v) is 4.68. The summed E-state index contributed by atoms with van der Waals surface area (Å²) < 4.78 is 1.01. The SMILES string of the molecule is CN(CCN1CCNCC1)C(=O)c1cc(Cl)sc1Cl. The first kappa shape index (κ1) is 15.1. The van der Waals surface area contributed by atoms with Gasteiger partial charge in [-0.05, 0) is 6.07 Å². The number of amides is 1. The topological polar surface area (TPSA) is 35.6 Å². The molecule has 1 aromatic heterocycles. The molecule has 1 N–H and O–H groups in total. The van der Waals surface area contributed by atoms with Gasteiger partial charge in [-0.3, -0.25) is 9.69 Å². The molecule has 1 amide bonds. The summed E-state index contributed by atoms with van der Waals surface area (Å²) in [5, 5.41) is 3.31. The molecule has 1 aliphatic rings. The zero-order valence-electron chi connectivity index (χ0n) is 10.8. The molecule has 106 valence electrons. The van der Waals surface area contributed by atoms with Gasteiger partial charge in [0.2, 0.25) is 0 Å². The van der Waals surface area contributed by atoms with E-state index in [1.54, 1.807) is 18.0 Å². The van der Waals surface area contributed by atoms with E-state index in [4.69, 9.17) is 23.2 Å². The fraction of sp³-hybridized carbons (Fsp3) is 0.583. The molecule has 19 heavy (non-hydrogen) atoms. The highest BCUT2D eigenvalue weighted by atomic mass is 35.5. The number of hydrogen-bond donors (Lipinski definition) is 1. The number of thiophene rings is 1. The predicted molar refractivity (Wildman–Crippen MR) is 80.6 cm³/mol. The summed E-state index contributed by atoms with van der Waals surface area (Å²) in [6, 6.07) is 1.64. The molecule has 0 bridgehead atoms. The number of carbonyl (C=O) groups excluding carboxylic acids is 1. The molecule has 1 aliphatic heterocycles. The lowest BCUT2D eigenvalue weighted by Gasteiger charge is -2.29. The van der Waals surface area contributed by atoms with Gasteiger partial charge in [-0.1, -0.05) is 23.2 Å². The van der Waals surface area contributed by atoms with Crippen molar-refractivity contribution in [2.24, 2.45) is 0 Å². The molecule has 7 heteroatoms. The van der Waals surface area contributed by atoms with Gasteiger partial charge in [-0.15, -0.1) is 11.3 Å². The Balaban J connectivity index is 1.86. The van der Waals surface area contributed by atoms with Gasteiger partial charge in [0.1, 0.15) is 4.34 Å². The summed E-state index contributed by atoms with van der Waals surface area (Å²) in [7, 11) is 1.80. The Kier molecular flexibility index (Phi) is 5.47. The number of nitrogens with one attached hydrogen (secondary N) is 1. The van der Waals surface area contributed by atoms with Crippen LogP contribution in [0.4, 0.5) is 0 Å². The molecule has 0 spiro atoms. The van der Waals surface area contributed by atoms with Crippen molar-refractivity contribution in [3.63, 3.8) is 0 Å². The quantitative estimate of drug-likeness (QED) is 0.921. The third-order valence-electron chi connectivity index (χ3n) is 3.20. The Morgan fingerprint density at radius 3 is 2.74 bits per heavy atom. The molecular weight excluding hydrogens is 305 g/mol. The second-order valence-corrected chi connectivity index (χ2v) is 6.84. The molecule has 0 aliphatic carbocycles. The number of carbonyl (C=O) groups is 1. The van der Waals surface area contributed by atoms with Gasteiger partial charge in [0, 0.05) is 46.3 Å². The summed E-state index contributed by atoms with van der Waals surface area (Å²) in [5.74, 6) is -0.0664. The van der Waals surface area contributed by atoms with Gasteiger partial charge in [0.25, 0.3) is 5.91 Å². The fourth-order valence-electron chi connectivity index (χ4n) is 2.02. The van der Waals surface area contributed by atoms with E-state index in [9.17, 15) is 4.79 Å². The fourth-order valence-corrected chi connectivity index (χ4v) is 3.47. The van der Waals surface area contributed by atoms with Crippen LogP contribution < -0.4 is 5.32 Å². The van der Waals surface area contributed by atoms with Crippen molar-refractivity contribution in [1.29, 1.82) is 0 Å². The van der Waals surface area contributed by atoms with Crippen molar-refractivity contribution in [3.05, 3.63) is 20.3 Å². The molecule has 2 rings (SSSR count). The molecule has 1 aromatic rings. The molecule has 4 nitrogen and oxygen atoms in total. The summed E-state index contributed by atoms with van der Waals surface area (Å²) in [6.45, 7) is 5.69. The molecular formula is C12H17Cl2N3OS. The predicted octanol–water partition coefficient (Wildman–Crippen LogP) is 2.03. The summed E-state index contributed by atoms with van der Waals surface area (Å²) in [4.78, 5) is 16.3. The molecule has 0 atom stereocenters. The monoisotopic (exact) mass is 321 g/mol. The highest BCUT2D eigenvalue weighted by molar-refractivity contribution is 7.20. The Labute approximate surface area is 127 Å². The van der Waals surface area contributed by atoms with Crippen LogP contribution in [0.1, 0.15) is 10.4 Å². The number of rotatable bonds is 4. The van der Waals surface area contributed by atoms with E-state index in [-0.39, 0.29) is 5.91 Å². The third kappa shape index (κ3) is 4.07. The molecule has 0 unspecified atom stereocenters. The number of nitrogens with zero attached hydrogens (tertiary/aromatic N) is 2. The smallest absolute Gasteiger partial charge is 0.256 e. The van der Waals surface area contributed by atoms with Crippen molar-refractivity contribution >= 4 is 40.4 Å². The van der Waals surface area contributed by atoms with Crippen LogP contribution in [0.15, 0.2) is 6.07 Å². The van der Waals surface area contributed by atoms with Gasteiger partial charge in [0.15, 0.2) is 0 Å². The molecule has 0 radical (unpaired) electrons. The van der Waals surface area contributed by atoms with E-state index >= 15 is 0 Å². The minimum absolute atomic E-state index is 0.0664. The highest BCUT2D eigenvalue weighted by Gasteiger charge is 2.19. The second kappa shape index (κ2) is 6.90. The first-order chi connectivity index (χ1) is 9.08. The second-order valence-electron chi connectivity index (χ2n) is 4.56. The van der Waals surface area contributed by atoms with Crippen LogP contribution in [0, 0.1) is 0 Å². The van der Waals surface area contributed by atoms with Crippen LogP contribution >= 0.6 is 34.5 Å². The summed E-state index contributed by atoms with van der Waals surface area (Å²) in [6.07, 6.45) is 0. The molecule has 0 aromatic carbocycles.